The Balaban J connectivity index is 1.92. The number of benzene rings is 1. The number of carbonyl (C=O) groups excluding carboxylic acids is 1. The quantitative estimate of drug-likeness (QED) is 0.867. The van der Waals surface area contributed by atoms with Gasteiger partial charge in [0, 0.05) is 18.5 Å². The molecule has 0 unspecified atom stereocenters. The van der Waals surface area contributed by atoms with Crippen LogP contribution in [0, 0.1) is 5.82 Å². The predicted octanol–water partition coefficient (Wildman–Crippen LogP) is 1.49. The van der Waals surface area contributed by atoms with E-state index in [-0.39, 0.29) is 11.7 Å². The first-order valence-electron chi connectivity index (χ1n) is 6.30. The number of aromatic nitrogens is 1. The Morgan fingerprint density at radius 2 is 2.15 bits per heavy atom. The predicted molar refractivity (Wildman–Crippen MR) is 72.3 cm³/mol. The summed E-state index contributed by atoms with van der Waals surface area (Å²) in [6.45, 7) is 2.06. The van der Waals surface area contributed by atoms with Crippen LogP contribution in [0.1, 0.15) is 12.6 Å². The fourth-order valence-electron chi connectivity index (χ4n) is 1.62. The standard InChI is InChI=1S/C14H16FN3O2/c1-9(16)13(19)17-7-6-12-8-20-14(18-12)10-2-4-11(15)5-3-10/h2-5,8-9H,6-7,16H2,1H3,(H,17,19)/t9-/m1/s1. The summed E-state index contributed by atoms with van der Waals surface area (Å²) in [5.74, 6) is -0.0788. The van der Waals surface area contributed by atoms with E-state index >= 15 is 0 Å². The minimum Gasteiger partial charge on any atom is -0.444 e. The van der Waals surface area contributed by atoms with Crippen LogP contribution in [0.25, 0.3) is 11.5 Å². The van der Waals surface area contributed by atoms with E-state index in [0.29, 0.717) is 30.1 Å². The molecule has 0 aliphatic heterocycles. The first-order valence-corrected chi connectivity index (χ1v) is 6.30. The van der Waals surface area contributed by atoms with E-state index in [0.717, 1.165) is 0 Å². The van der Waals surface area contributed by atoms with Crippen molar-refractivity contribution in [3.8, 4) is 11.5 Å². The van der Waals surface area contributed by atoms with E-state index in [1.807, 2.05) is 0 Å². The van der Waals surface area contributed by atoms with Gasteiger partial charge >= 0.3 is 0 Å². The van der Waals surface area contributed by atoms with Crippen molar-refractivity contribution in [3.05, 3.63) is 42.0 Å². The third-order valence-electron chi connectivity index (χ3n) is 2.74. The summed E-state index contributed by atoms with van der Waals surface area (Å²) >= 11 is 0. The number of oxazole rings is 1. The molecule has 0 saturated heterocycles. The monoisotopic (exact) mass is 277 g/mol. The van der Waals surface area contributed by atoms with Gasteiger partial charge in [-0.05, 0) is 31.2 Å². The zero-order valence-electron chi connectivity index (χ0n) is 11.1. The van der Waals surface area contributed by atoms with Gasteiger partial charge in [-0.2, -0.15) is 0 Å². The highest BCUT2D eigenvalue weighted by Crippen LogP contribution is 2.18. The summed E-state index contributed by atoms with van der Waals surface area (Å²) in [5.41, 5.74) is 6.85. The van der Waals surface area contributed by atoms with E-state index in [1.54, 1.807) is 19.1 Å². The van der Waals surface area contributed by atoms with Crippen LogP contribution in [-0.4, -0.2) is 23.5 Å². The maximum absolute atomic E-state index is 12.8. The number of hydrogen-bond acceptors (Lipinski definition) is 4. The highest BCUT2D eigenvalue weighted by atomic mass is 19.1. The molecule has 1 aromatic heterocycles. The zero-order chi connectivity index (χ0) is 14.5. The molecule has 6 heteroatoms. The highest BCUT2D eigenvalue weighted by molar-refractivity contribution is 5.80. The first-order chi connectivity index (χ1) is 9.56. The summed E-state index contributed by atoms with van der Waals surface area (Å²) in [6, 6.07) is 5.37. The molecule has 0 saturated carbocycles. The van der Waals surface area contributed by atoms with Crippen molar-refractivity contribution in [2.75, 3.05) is 6.54 Å². The Morgan fingerprint density at radius 1 is 1.45 bits per heavy atom. The molecule has 0 aliphatic carbocycles. The van der Waals surface area contributed by atoms with E-state index in [2.05, 4.69) is 10.3 Å². The number of amides is 1. The Hall–Kier alpha value is -2.21. The van der Waals surface area contributed by atoms with E-state index in [1.165, 1.54) is 18.4 Å². The number of rotatable bonds is 5. The van der Waals surface area contributed by atoms with Crippen molar-refractivity contribution in [2.45, 2.75) is 19.4 Å². The molecule has 106 valence electrons. The number of nitrogens with two attached hydrogens (primary N) is 1. The van der Waals surface area contributed by atoms with E-state index in [9.17, 15) is 9.18 Å². The van der Waals surface area contributed by atoms with Crippen LogP contribution in [0.15, 0.2) is 34.9 Å². The third kappa shape index (κ3) is 3.64. The summed E-state index contributed by atoms with van der Waals surface area (Å²) in [4.78, 5) is 15.6. The number of carbonyl (C=O) groups is 1. The van der Waals surface area contributed by atoms with Gasteiger partial charge in [-0.1, -0.05) is 0 Å². The summed E-state index contributed by atoms with van der Waals surface area (Å²) < 4.78 is 18.1. The lowest BCUT2D eigenvalue weighted by Crippen LogP contribution is -2.39. The van der Waals surface area contributed by atoms with Crippen molar-refractivity contribution < 1.29 is 13.6 Å². The molecule has 0 radical (unpaired) electrons. The van der Waals surface area contributed by atoms with Gasteiger partial charge < -0.3 is 15.5 Å². The molecule has 0 spiro atoms. The van der Waals surface area contributed by atoms with Crippen LogP contribution >= 0.6 is 0 Å². The van der Waals surface area contributed by atoms with Gasteiger partial charge in [0.1, 0.15) is 12.1 Å². The van der Waals surface area contributed by atoms with Crippen molar-refractivity contribution in [3.63, 3.8) is 0 Å². The number of nitrogens with zero attached hydrogens (tertiary/aromatic N) is 1. The molecule has 1 atom stereocenters. The number of hydrogen-bond donors (Lipinski definition) is 2. The maximum atomic E-state index is 12.8. The molecule has 1 aromatic carbocycles. The van der Waals surface area contributed by atoms with E-state index < -0.39 is 6.04 Å². The first kappa shape index (κ1) is 14.2. The van der Waals surface area contributed by atoms with Crippen LogP contribution in [0.2, 0.25) is 0 Å². The summed E-state index contributed by atoms with van der Waals surface area (Å²) in [5, 5.41) is 2.69. The molecule has 0 aliphatic rings. The topological polar surface area (TPSA) is 81.2 Å². The second-order valence-electron chi connectivity index (χ2n) is 4.48. The minimum absolute atomic E-state index is 0.202. The molecule has 3 N–H and O–H groups in total. The molecule has 1 amide bonds. The number of halogens is 1. The fraction of sp³-hybridized carbons (Fsp3) is 0.286. The van der Waals surface area contributed by atoms with Gasteiger partial charge in [-0.15, -0.1) is 0 Å². The third-order valence-corrected chi connectivity index (χ3v) is 2.74. The smallest absolute Gasteiger partial charge is 0.236 e. The average Bonchev–Trinajstić information content (AvgIpc) is 2.88. The molecule has 0 fully saturated rings. The highest BCUT2D eigenvalue weighted by Gasteiger charge is 2.09. The maximum Gasteiger partial charge on any atom is 0.236 e. The molecule has 2 aromatic rings. The Morgan fingerprint density at radius 3 is 2.80 bits per heavy atom. The van der Waals surface area contributed by atoms with Crippen LogP contribution in [0.4, 0.5) is 4.39 Å². The van der Waals surface area contributed by atoms with Gasteiger partial charge in [0.05, 0.1) is 11.7 Å². The summed E-state index contributed by atoms with van der Waals surface area (Å²) in [7, 11) is 0. The van der Waals surface area contributed by atoms with Crippen LogP contribution in [0.5, 0.6) is 0 Å². The normalized spacial score (nSPS) is 12.2. The van der Waals surface area contributed by atoms with Crippen molar-refractivity contribution in [1.82, 2.24) is 10.3 Å². The Labute approximate surface area is 116 Å². The molecule has 2 rings (SSSR count). The van der Waals surface area contributed by atoms with Crippen LogP contribution < -0.4 is 11.1 Å². The van der Waals surface area contributed by atoms with Crippen molar-refractivity contribution in [2.24, 2.45) is 5.73 Å². The fourth-order valence-corrected chi connectivity index (χ4v) is 1.62. The molecular weight excluding hydrogens is 261 g/mol. The van der Waals surface area contributed by atoms with Gasteiger partial charge in [-0.3, -0.25) is 4.79 Å². The summed E-state index contributed by atoms with van der Waals surface area (Å²) in [6.07, 6.45) is 2.07. The van der Waals surface area contributed by atoms with Crippen molar-refractivity contribution in [1.29, 1.82) is 0 Å². The Kier molecular flexibility index (Phi) is 4.47. The average molecular weight is 277 g/mol. The zero-order valence-corrected chi connectivity index (χ0v) is 11.1. The minimum atomic E-state index is -0.526. The lowest BCUT2D eigenvalue weighted by atomic mass is 10.2. The van der Waals surface area contributed by atoms with Crippen molar-refractivity contribution >= 4 is 5.91 Å². The molecule has 1 heterocycles. The molecule has 0 bridgehead atoms. The van der Waals surface area contributed by atoms with Crippen LogP contribution in [-0.2, 0) is 11.2 Å². The van der Waals surface area contributed by atoms with Gasteiger partial charge in [0.25, 0.3) is 0 Å². The van der Waals surface area contributed by atoms with Gasteiger partial charge in [0.15, 0.2) is 0 Å². The van der Waals surface area contributed by atoms with Crippen LogP contribution in [0.3, 0.4) is 0 Å². The van der Waals surface area contributed by atoms with E-state index in [4.69, 9.17) is 10.2 Å². The number of nitrogens with one attached hydrogen (secondary N) is 1. The second kappa shape index (κ2) is 6.29. The van der Waals surface area contributed by atoms with Gasteiger partial charge in [0.2, 0.25) is 11.8 Å². The molecule has 20 heavy (non-hydrogen) atoms. The second-order valence-corrected chi connectivity index (χ2v) is 4.48. The molecular formula is C14H16FN3O2. The SMILES string of the molecule is C[C@@H](N)C(=O)NCCc1coc(-c2ccc(F)cc2)n1. The molecule has 5 nitrogen and oxygen atoms in total. The lowest BCUT2D eigenvalue weighted by Gasteiger charge is -2.05. The van der Waals surface area contributed by atoms with Gasteiger partial charge in [-0.25, -0.2) is 9.37 Å². The largest absolute Gasteiger partial charge is 0.444 e. The Bertz CT molecular complexity index is 578. The lowest BCUT2D eigenvalue weighted by molar-refractivity contribution is -0.121.